The number of nitrogen functional groups attached to an aromatic ring is 1. The number of rotatable bonds is 5. The van der Waals surface area contributed by atoms with Gasteiger partial charge < -0.3 is 5.32 Å². The molecule has 1 amide bonds. The van der Waals surface area contributed by atoms with E-state index in [-0.39, 0.29) is 5.91 Å². The number of hydrazine groups is 1. The van der Waals surface area contributed by atoms with Gasteiger partial charge in [-0.05, 0) is 30.5 Å². The number of hydrogen-bond donors (Lipinski definition) is 3. The molecule has 0 spiro atoms. The fourth-order valence-corrected chi connectivity index (χ4v) is 1.79. The number of carbonyl (C=O) groups excluding carboxylic acids is 1. The molecule has 0 unspecified atom stereocenters. The molecule has 17 heavy (non-hydrogen) atoms. The topological polar surface area (TPSA) is 67.2 Å². The van der Waals surface area contributed by atoms with Crippen LogP contribution in [-0.4, -0.2) is 12.5 Å². The second-order valence-electron chi connectivity index (χ2n) is 4.27. The van der Waals surface area contributed by atoms with Crippen LogP contribution in [0, 0.1) is 5.92 Å². The highest BCUT2D eigenvalue weighted by atomic mass is 79.9. The second-order valence-corrected chi connectivity index (χ2v) is 5.19. The van der Waals surface area contributed by atoms with Crippen LogP contribution in [0.3, 0.4) is 0 Å². The van der Waals surface area contributed by atoms with Crippen LogP contribution in [0.5, 0.6) is 0 Å². The highest BCUT2D eigenvalue weighted by Gasteiger charge is 2.10. The predicted octanol–water partition coefficient (Wildman–Crippen LogP) is 2.51. The quantitative estimate of drug-likeness (QED) is 0.445. The molecule has 0 aliphatic carbocycles. The maximum atomic E-state index is 11.6. The summed E-state index contributed by atoms with van der Waals surface area (Å²) in [7, 11) is 0. The van der Waals surface area contributed by atoms with Gasteiger partial charge in [0.25, 0.3) is 5.91 Å². The number of amides is 1. The van der Waals surface area contributed by atoms with E-state index < -0.39 is 0 Å². The Balaban J connectivity index is 2.79. The van der Waals surface area contributed by atoms with Crippen molar-refractivity contribution in [2.45, 2.75) is 20.3 Å². The maximum absolute atomic E-state index is 11.6. The molecule has 0 saturated heterocycles. The van der Waals surface area contributed by atoms with E-state index in [0.717, 1.165) is 23.1 Å². The average molecular weight is 300 g/mol. The first kappa shape index (κ1) is 14.0. The summed E-state index contributed by atoms with van der Waals surface area (Å²) in [5.41, 5.74) is 3.50. The molecule has 0 atom stereocenters. The molecule has 4 nitrogen and oxygen atoms in total. The first-order valence-electron chi connectivity index (χ1n) is 5.59. The summed E-state index contributed by atoms with van der Waals surface area (Å²) in [6, 6.07) is 5.51. The molecule has 0 fully saturated rings. The molecule has 0 saturated carbocycles. The van der Waals surface area contributed by atoms with Crippen LogP contribution < -0.4 is 16.6 Å². The monoisotopic (exact) mass is 299 g/mol. The number of nitrogens with one attached hydrogen (secondary N) is 2. The van der Waals surface area contributed by atoms with E-state index in [1.54, 1.807) is 6.07 Å². The van der Waals surface area contributed by atoms with Gasteiger partial charge in [0, 0.05) is 16.7 Å². The first-order chi connectivity index (χ1) is 8.04. The summed E-state index contributed by atoms with van der Waals surface area (Å²) in [6.07, 6.45) is 1.06. The molecule has 0 aliphatic heterocycles. The van der Waals surface area contributed by atoms with Crippen molar-refractivity contribution < 1.29 is 4.79 Å². The Morgan fingerprint density at radius 1 is 1.47 bits per heavy atom. The number of hydrogen-bond acceptors (Lipinski definition) is 3. The Bertz CT molecular complexity index is 393. The normalized spacial score (nSPS) is 10.4. The lowest BCUT2D eigenvalue weighted by molar-refractivity contribution is 0.0954. The molecular formula is C12H18BrN3O. The molecule has 1 rings (SSSR count). The molecule has 5 heteroatoms. The number of nitrogens with two attached hydrogens (primary N) is 1. The lowest BCUT2D eigenvalue weighted by Crippen LogP contribution is -2.30. The molecule has 0 bridgehead atoms. The Morgan fingerprint density at radius 3 is 2.76 bits per heavy atom. The van der Waals surface area contributed by atoms with Gasteiger partial charge in [-0.3, -0.25) is 10.2 Å². The van der Waals surface area contributed by atoms with Gasteiger partial charge in [0.05, 0.1) is 5.56 Å². The van der Waals surface area contributed by atoms with Crippen LogP contribution in [0.25, 0.3) is 0 Å². The minimum atomic E-state index is -0.293. The molecule has 4 N–H and O–H groups in total. The highest BCUT2D eigenvalue weighted by Crippen LogP contribution is 2.21. The maximum Gasteiger partial charge on any atom is 0.267 e. The highest BCUT2D eigenvalue weighted by molar-refractivity contribution is 9.10. The predicted molar refractivity (Wildman–Crippen MR) is 73.7 cm³/mol. The van der Waals surface area contributed by atoms with Crippen LogP contribution in [0.4, 0.5) is 5.69 Å². The van der Waals surface area contributed by atoms with Gasteiger partial charge in [0.15, 0.2) is 0 Å². The summed E-state index contributed by atoms with van der Waals surface area (Å²) >= 11 is 3.34. The van der Waals surface area contributed by atoms with Crippen molar-refractivity contribution in [1.82, 2.24) is 5.43 Å². The lowest BCUT2D eigenvalue weighted by Gasteiger charge is -2.12. The number of carbonyl (C=O) groups is 1. The Hall–Kier alpha value is -1.07. The second kappa shape index (κ2) is 6.61. The molecule has 0 aliphatic rings. The zero-order valence-electron chi connectivity index (χ0n) is 10.1. The van der Waals surface area contributed by atoms with E-state index in [4.69, 9.17) is 5.84 Å². The standard InChI is InChI=1S/C12H18BrN3O/c1-8(2)5-6-15-11-4-3-9(13)7-10(11)12(17)16-14/h3-4,7-8,15H,5-6,14H2,1-2H3,(H,16,17). The van der Waals surface area contributed by atoms with Crippen molar-refractivity contribution in [3.63, 3.8) is 0 Å². The smallest absolute Gasteiger partial charge is 0.267 e. The third-order valence-corrected chi connectivity index (χ3v) is 2.89. The number of benzene rings is 1. The molecule has 94 valence electrons. The minimum Gasteiger partial charge on any atom is -0.384 e. The van der Waals surface area contributed by atoms with Crippen LogP contribution in [0.2, 0.25) is 0 Å². The Kier molecular flexibility index (Phi) is 5.44. The lowest BCUT2D eigenvalue weighted by atomic mass is 10.1. The van der Waals surface area contributed by atoms with Gasteiger partial charge in [-0.25, -0.2) is 5.84 Å². The van der Waals surface area contributed by atoms with Crippen molar-refractivity contribution in [2.24, 2.45) is 11.8 Å². The molecular weight excluding hydrogens is 282 g/mol. The van der Waals surface area contributed by atoms with Gasteiger partial charge in [-0.2, -0.15) is 0 Å². The summed E-state index contributed by atoms with van der Waals surface area (Å²) in [6.45, 7) is 5.16. The van der Waals surface area contributed by atoms with Crippen molar-refractivity contribution >= 4 is 27.5 Å². The fourth-order valence-electron chi connectivity index (χ4n) is 1.43. The van der Waals surface area contributed by atoms with E-state index in [1.807, 2.05) is 12.1 Å². The van der Waals surface area contributed by atoms with E-state index >= 15 is 0 Å². The third kappa shape index (κ3) is 4.36. The van der Waals surface area contributed by atoms with Crippen LogP contribution in [0.1, 0.15) is 30.6 Å². The van der Waals surface area contributed by atoms with Crippen LogP contribution >= 0.6 is 15.9 Å². The van der Waals surface area contributed by atoms with Gasteiger partial charge >= 0.3 is 0 Å². The SMILES string of the molecule is CC(C)CCNc1ccc(Br)cc1C(=O)NN. The number of halogens is 1. The molecule has 1 aromatic rings. The van der Waals surface area contributed by atoms with Gasteiger partial charge in [-0.1, -0.05) is 29.8 Å². The van der Waals surface area contributed by atoms with Gasteiger partial charge in [-0.15, -0.1) is 0 Å². The van der Waals surface area contributed by atoms with Gasteiger partial charge in [0.1, 0.15) is 0 Å². The van der Waals surface area contributed by atoms with Gasteiger partial charge in [0.2, 0.25) is 0 Å². The average Bonchev–Trinajstić information content (AvgIpc) is 2.29. The fraction of sp³-hybridized carbons (Fsp3) is 0.417. The Labute approximate surface area is 110 Å². The largest absolute Gasteiger partial charge is 0.384 e. The van der Waals surface area contributed by atoms with Crippen LogP contribution in [0.15, 0.2) is 22.7 Å². The van der Waals surface area contributed by atoms with Crippen molar-refractivity contribution in [1.29, 1.82) is 0 Å². The van der Waals surface area contributed by atoms with E-state index in [0.29, 0.717) is 11.5 Å². The molecule has 0 aromatic heterocycles. The van der Waals surface area contributed by atoms with E-state index in [9.17, 15) is 4.79 Å². The molecule has 1 aromatic carbocycles. The summed E-state index contributed by atoms with van der Waals surface area (Å²) < 4.78 is 0.852. The summed E-state index contributed by atoms with van der Waals surface area (Å²) in [5, 5.41) is 3.25. The van der Waals surface area contributed by atoms with Crippen molar-refractivity contribution in [2.75, 3.05) is 11.9 Å². The first-order valence-corrected chi connectivity index (χ1v) is 6.38. The zero-order valence-corrected chi connectivity index (χ0v) is 11.7. The Morgan fingerprint density at radius 2 is 2.18 bits per heavy atom. The van der Waals surface area contributed by atoms with E-state index in [1.165, 1.54) is 0 Å². The van der Waals surface area contributed by atoms with Crippen molar-refractivity contribution in [3.8, 4) is 0 Å². The number of anilines is 1. The summed E-state index contributed by atoms with van der Waals surface area (Å²) in [5.74, 6) is 5.49. The zero-order chi connectivity index (χ0) is 12.8. The molecule has 0 radical (unpaired) electrons. The minimum absolute atomic E-state index is 0.293. The third-order valence-electron chi connectivity index (χ3n) is 2.39. The van der Waals surface area contributed by atoms with Crippen molar-refractivity contribution in [3.05, 3.63) is 28.2 Å². The summed E-state index contributed by atoms with van der Waals surface area (Å²) in [4.78, 5) is 11.6. The van der Waals surface area contributed by atoms with E-state index in [2.05, 4.69) is 40.5 Å². The van der Waals surface area contributed by atoms with Crippen LogP contribution in [-0.2, 0) is 0 Å². The molecule has 0 heterocycles.